The summed E-state index contributed by atoms with van der Waals surface area (Å²) in [4.78, 5) is 2.89. The monoisotopic (exact) mass is 608 g/mol. The number of rotatable bonds is 12. The number of hydrogen-bond donors (Lipinski definition) is 0. The Balaban J connectivity index is 0.000000330. The van der Waals surface area contributed by atoms with E-state index in [1.54, 1.807) is 12.1 Å². The van der Waals surface area contributed by atoms with Crippen LogP contribution in [0.5, 0.6) is 23.0 Å². The van der Waals surface area contributed by atoms with Gasteiger partial charge in [0.25, 0.3) is 0 Å². The highest BCUT2D eigenvalue weighted by atomic mass is 19.4. The van der Waals surface area contributed by atoms with Gasteiger partial charge in [-0.15, -0.1) is 0 Å². The first kappa shape index (κ1) is 34.5. The second-order valence-corrected chi connectivity index (χ2v) is 8.99. The fourth-order valence-corrected chi connectivity index (χ4v) is 3.54. The molecule has 0 heterocycles. The molecule has 0 fully saturated rings. The quantitative estimate of drug-likeness (QED) is 0.192. The maximum absolute atomic E-state index is 12.9. The lowest BCUT2D eigenvalue weighted by Gasteiger charge is -2.18. The molecule has 0 aliphatic rings. The third-order valence-electron chi connectivity index (χ3n) is 5.48. The highest BCUT2D eigenvalue weighted by Crippen LogP contribution is 2.43. The smallest absolute Gasteiger partial charge is 0.416 e. The molecule has 3 rings (SSSR count). The predicted molar refractivity (Wildman–Crippen MR) is 142 cm³/mol. The normalized spacial score (nSPS) is 11.4. The maximum atomic E-state index is 12.9. The van der Waals surface area contributed by atoms with Crippen molar-refractivity contribution in [3.8, 4) is 34.1 Å². The lowest BCUT2D eigenvalue weighted by atomic mass is 10.0. The van der Waals surface area contributed by atoms with E-state index in [0.717, 1.165) is 47.6 Å². The standard InChI is InChI=1S/C22H29FO3.C8H3F7O/c1-4-11-24-19-14-20(25-12-5-2)22(21(15-19)26-13-6-3)18-9-7-17(16-23)8-10-18;9-7(10,11)4-1-5(8(12,13)14)3-6(2-4)16-15/h7-10,14-15H,4-6,11-13,16H2,1-3H3;1-3H. The minimum atomic E-state index is -5.01. The Morgan fingerprint density at radius 2 is 1.05 bits per heavy atom. The van der Waals surface area contributed by atoms with E-state index in [4.69, 9.17) is 14.2 Å². The van der Waals surface area contributed by atoms with Crippen molar-refractivity contribution >= 4 is 0 Å². The Kier molecular flexibility index (Phi) is 13.2. The molecule has 0 N–H and O–H groups in total. The molecule has 0 amide bonds. The topological polar surface area (TPSA) is 36.9 Å². The van der Waals surface area contributed by atoms with Crippen LogP contribution in [0.1, 0.15) is 56.7 Å². The SMILES string of the molecule is CCCOc1cc(OCCC)c(-c2ccc(CF)cc2)c(OCCC)c1.FOc1cc(C(F)(F)F)cc(C(F)(F)F)c1. The van der Waals surface area contributed by atoms with Crippen LogP contribution in [0.4, 0.5) is 35.3 Å². The Morgan fingerprint density at radius 1 is 0.595 bits per heavy atom. The van der Waals surface area contributed by atoms with Crippen LogP contribution in [0, 0.1) is 0 Å². The van der Waals surface area contributed by atoms with Gasteiger partial charge < -0.3 is 14.2 Å². The molecular weight excluding hydrogens is 576 g/mol. The number of benzene rings is 3. The van der Waals surface area contributed by atoms with Gasteiger partial charge in [-0.3, -0.25) is 4.94 Å². The van der Waals surface area contributed by atoms with Crippen molar-refractivity contribution in [1.29, 1.82) is 0 Å². The molecule has 0 aliphatic heterocycles. The van der Waals surface area contributed by atoms with Crippen molar-refractivity contribution in [3.05, 3.63) is 71.3 Å². The molecule has 0 atom stereocenters. The van der Waals surface area contributed by atoms with Crippen LogP contribution >= 0.6 is 0 Å². The molecule has 42 heavy (non-hydrogen) atoms. The zero-order chi connectivity index (χ0) is 31.3. The Labute approximate surface area is 239 Å². The van der Waals surface area contributed by atoms with E-state index in [0.29, 0.717) is 25.4 Å². The van der Waals surface area contributed by atoms with E-state index in [1.165, 1.54) is 0 Å². The minimum absolute atomic E-state index is 0.123. The molecule has 0 saturated carbocycles. The van der Waals surface area contributed by atoms with E-state index < -0.39 is 35.9 Å². The van der Waals surface area contributed by atoms with Crippen molar-refractivity contribution in [1.82, 2.24) is 0 Å². The Morgan fingerprint density at radius 3 is 1.43 bits per heavy atom. The van der Waals surface area contributed by atoms with E-state index in [1.807, 2.05) is 24.3 Å². The molecule has 12 heteroatoms. The second kappa shape index (κ2) is 16.1. The molecule has 0 spiro atoms. The summed E-state index contributed by atoms with van der Waals surface area (Å²) in [5.74, 6) is 1.06. The number of ether oxygens (including phenoxy) is 3. The lowest BCUT2D eigenvalue weighted by Crippen LogP contribution is -2.10. The highest BCUT2D eigenvalue weighted by Gasteiger charge is 2.37. The first-order valence-electron chi connectivity index (χ1n) is 13.2. The average molecular weight is 609 g/mol. The van der Waals surface area contributed by atoms with Crippen LogP contribution in [0.2, 0.25) is 0 Å². The van der Waals surface area contributed by atoms with Gasteiger partial charge in [-0.2, -0.15) is 26.3 Å². The number of alkyl halides is 7. The van der Waals surface area contributed by atoms with Crippen LogP contribution in [-0.2, 0) is 19.0 Å². The maximum Gasteiger partial charge on any atom is 0.416 e. The summed E-state index contributed by atoms with van der Waals surface area (Å²) in [7, 11) is 0. The average Bonchev–Trinajstić information content (AvgIpc) is 2.97. The molecule has 4 nitrogen and oxygen atoms in total. The third-order valence-corrected chi connectivity index (χ3v) is 5.48. The number of halogens is 8. The van der Waals surface area contributed by atoms with Crippen LogP contribution in [0.15, 0.2) is 54.6 Å². The molecule has 0 radical (unpaired) electrons. The van der Waals surface area contributed by atoms with E-state index in [9.17, 15) is 35.3 Å². The molecule has 0 aliphatic carbocycles. The zero-order valence-electron chi connectivity index (χ0n) is 23.3. The summed E-state index contributed by atoms with van der Waals surface area (Å²) in [5, 5.41) is 0. The van der Waals surface area contributed by atoms with Crippen LogP contribution in [0.3, 0.4) is 0 Å². The summed E-state index contributed by atoms with van der Waals surface area (Å²) in [6.07, 6.45) is -7.26. The summed E-state index contributed by atoms with van der Waals surface area (Å²) < 4.78 is 115. The number of hydrogen-bond acceptors (Lipinski definition) is 4. The van der Waals surface area contributed by atoms with Crippen LogP contribution in [-0.4, -0.2) is 19.8 Å². The largest absolute Gasteiger partial charge is 0.493 e. The predicted octanol–water partition coefficient (Wildman–Crippen LogP) is 10.2. The first-order chi connectivity index (χ1) is 19.9. The van der Waals surface area contributed by atoms with Gasteiger partial charge in [-0.05, 0) is 48.6 Å². The molecule has 0 unspecified atom stereocenters. The Bertz CT molecular complexity index is 1180. The molecule has 3 aromatic rings. The van der Waals surface area contributed by atoms with E-state index >= 15 is 0 Å². The summed E-state index contributed by atoms with van der Waals surface area (Å²) >= 11 is 0. The molecular formula is C30H32F8O4. The van der Waals surface area contributed by atoms with Gasteiger partial charge in [0.1, 0.15) is 23.9 Å². The van der Waals surface area contributed by atoms with Gasteiger partial charge in [0, 0.05) is 16.7 Å². The molecule has 0 aromatic heterocycles. The summed E-state index contributed by atoms with van der Waals surface area (Å²) in [6, 6.07) is 11.4. The van der Waals surface area contributed by atoms with Gasteiger partial charge in [0.05, 0.1) is 36.5 Å². The van der Waals surface area contributed by atoms with Gasteiger partial charge in [0.15, 0.2) is 5.75 Å². The Hall–Kier alpha value is -3.70. The van der Waals surface area contributed by atoms with Crippen molar-refractivity contribution in [2.45, 2.75) is 59.1 Å². The lowest BCUT2D eigenvalue weighted by molar-refractivity contribution is -0.143. The van der Waals surface area contributed by atoms with E-state index in [-0.39, 0.29) is 18.2 Å². The fraction of sp³-hybridized carbons (Fsp3) is 0.400. The second-order valence-electron chi connectivity index (χ2n) is 8.99. The van der Waals surface area contributed by atoms with Crippen molar-refractivity contribution in [3.63, 3.8) is 0 Å². The van der Waals surface area contributed by atoms with Gasteiger partial charge in [0.2, 0.25) is 0 Å². The summed E-state index contributed by atoms with van der Waals surface area (Å²) in [6.45, 7) is 7.61. The summed E-state index contributed by atoms with van der Waals surface area (Å²) in [5.41, 5.74) is -0.767. The van der Waals surface area contributed by atoms with Crippen LogP contribution < -0.4 is 19.2 Å². The molecule has 3 aromatic carbocycles. The van der Waals surface area contributed by atoms with E-state index in [2.05, 4.69) is 25.7 Å². The molecule has 0 saturated heterocycles. The molecule has 232 valence electrons. The fourth-order valence-electron chi connectivity index (χ4n) is 3.54. The molecule has 0 bridgehead atoms. The van der Waals surface area contributed by atoms with Crippen molar-refractivity contribution < 1.29 is 54.4 Å². The first-order valence-corrected chi connectivity index (χ1v) is 13.2. The third kappa shape index (κ3) is 10.3. The van der Waals surface area contributed by atoms with Gasteiger partial charge in [-0.25, -0.2) is 4.39 Å². The van der Waals surface area contributed by atoms with Crippen molar-refractivity contribution in [2.24, 2.45) is 0 Å². The minimum Gasteiger partial charge on any atom is -0.493 e. The van der Waals surface area contributed by atoms with Gasteiger partial charge >= 0.3 is 12.4 Å². The highest BCUT2D eigenvalue weighted by molar-refractivity contribution is 5.78. The van der Waals surface area contributed by atoms with Crippen LogP contribution in [0.25, 0.3) is 11.1 Å². The van der Waals surface area contributed by atoms with Crippen molar-refractivity contribution in [2.75, 3.05) is 19.8 Å². The van der Waals surface area contributed by atoms with Gasteiger partial charge in [-0.1, -0.05) is 45.0 Å². The zero-order valence-corrected chi connectivity index (χ0v) is 23.3.